The predicted octanol–water partition coefficient (Wildman–Crippen LogP) is 3.56. The first-order valence-electron chi connectivity index (χ1n) is 9.64. The van der Waals surface area contributed by atoms with Crippen molar-refractivity contribution in [2.75, 3.05) is 6.61 Å². The molecule has 0 fully saturated rings. The first kappa shape index (κ1) is 19.6. The zero-order valence-corrected chi connectivity index (χ0v) is 16.1. The molecule has 1 aromatic heterocycles. The van der Waals surface area contributed by atoms with Crippen molar-refractivity contribution in [3.63, 3.8) is 0 Å². The zero-order valence-electron chi connectivity index (χ0n) is 16.1. The number of benzene rings is 2. The SMILES string of the molecule is CCCOc1ccc(CCC(=O)N[C@@H](Cn2nccn2)c2ccccc2)cc1. The van der Waals surface area contributed by atoms with E-state index in [0.717, 1.165) is 23.3 Å². The molecule has 2 aromatic carbocycles. The lowest BCUT2D eigenvalue weighted by molar-refractivity contribution is -0.121. The Hall–Kier alpha value is -3.15. The van der Waals surface area contributed by atoms with Gasteiger partial charge >= 0.3 is 0 Å². The average Bonchev–Trinajstić information content (AvgIpc) is 3.25. The summed E-state index contributed by atoms with van der Waals surface area (Å²) in [6, 6.07) is 17.7. The van der Waals surface area contributed by atoms with Gasteiger partial charge in [-0.1, -0.05) is 49.4 Å². The highest BCUT2D eigenvalue weighted by Gasteiger charge is 2.16. The van der Waals surface area contributed by atoms with E-state index in [9.17, 15) is 4.79 Å². The fraction of sp³-hybridized carbons (Fsp3) is 0.318. The Morgan fingerprint density at radius 2 is 1.79 bits per heavy atom. The van der Waals surface area contributed by atoms with Crippen LogP contribution in [0.4, 0.5) is 0 Å². The third-order valence-electron chi connectivity index (χ3n) is 4.39. The molecule has 0 unspecified atom stereocenters. The van der Waals surface area contributed by atoms with E-state index in [0.29, 0.717) is 26.0 Å². The van der Waals surface area contributed by atoms with Crippen molar-refractivity contribution >= 4 is 5.91 Å². The standard InChI is InChI=1S/C22H26N4O2/c1-2-16-28-20-11-8-18(9-12-20)10-13-22(27)25-21(17-26-23-14-15-24-26)19-6-4-3-5-7-19/h3-9,11-12,14-15,21H,2,10,13,16-17H2,1H3,(H,25,27)/t21-/m0/s1. The van der Waals surface area contributed by atoms with Gasteiger partial charge in [0.2, 0.25) is 5.91 Å². The van der Waals surface area contributed by atoms with Gasteiger partial charge < -0.3 is 10.1 Å². The highest BCUT2D eigenvalue weighted by atomic mass is 16.5. The van der Waals surface area contributed by atoms with E-state index in [4.69, 9.17) is 4.74 Å². The van der Waals surface area contributed by atoms with E-state index >= 15 is 0 Å². The minimum Gasteiger partial charge on any atom is -0.494 e. The van der Waals surface area contributed by atoms with Crippen LogP contribution in [0.5, 0.6) is 5.75 Å². The molecular formula is C22H26N4O2. The lowest BCUT2D eigenvalue weighted by atomic mass is 10.1. The van der Waals surface area contributed by atoms with E-state index in [-0.39, 0.29) is 11.9 Å². The highest BCUT2D eigenvalue weighted by Crippen LogP contribution is 2.16. The molecule has 1 N–H and O–H groups in total. The van der Waals surface area contributed by atoms with E-state index in [1.165, 1.54) is 0 Å². The van der Waals surface area contributed by atoms with Crippen molar-refractivity contribution in [3.05, 3.63) is 78.1 Å². The van der Waals surface area contributed by atoms with E-state index in [1.807, 2.05) is 54.6 Å². The van der Waals surface area contributed by atoms with Crippen molar-refractivity contribution in [1.82, 2.24) is 20.3 Å². The molecule has 0 saturated heterocycles. The van der Waals surface area contributed by atoms with Crippen LogP contribution in [-0.4, -0.2) is 27.5 Å². The summed E-state index contributed by atoms with van der Waals surface area (Å²) < 4.78 is 5.59. The second-order valence-corrected chi connectivity index (χ2v) is 6.61. The van der Waals surface area contributed by atoms with Gasteiger partial charge in [0.05, 0.1) is 31.6 Å². The molecule has 0 saturated carbocycles. The molecule has 6 nitrogen and oxygen atoms in total. The van der Waals surface area contributed by atoms with E-state index in [2.05, 4.69) is 22.4 Å². The van der Waals surface area contributed by atoms with Gasteiger partial charge in [0.25, 0.3) is 0 Å². The van der Waals surface area contributed by atoms with E-state index < -0.39 is 0 Å². The maximum absolute atomic E-state index is 12.6. The second kappa shape index (κ2) is 10.3. The molecule has 0 radical (unpaired) electrons. The van der Waals surface area contributed by atoms with Gasteiger partial charge in [-0.15, -0.1) is 0 Å². The van der Waals surface area contributed by atoms with Gasteiger partial charge in [0, 0.05) is 6.42 Å². The topological polar surface area (TPSA) is 69.0 Å². The molecule has 0 aliphatic heterocycles. The van der Waals surface area contributed by atoms with Crippen LogP contribution in [0, 0.1) is 0 Å². The van der Waals surface area contributed by atoms with E-state index in [1.54, 1.807) is 17.2 Å². The Balaban J connectivity index is 1.56. The molecule has 28 heavy (non-hydrogen) atoms. The van der Waals surface area contributed by atoms with Gasteiger partial charge in [-0.25, -0.2) is 0 Å². The number of nitrogens with zero attached hydrogens (tertiary/aromatic N) is 3. The summed E-state index contributed by atoms with van der Waals surface area (Å²) in [7, 11) is 0. The highest BCUT2D eigenvalue weighted by molar-refractivity contribution is 5.76. The number of carbonyl (C=O) groups is 1. The van der Waals surface area contributed by atoms with Crippen molar-refractivity contribution in [3.8, 4) is 5.75 Å². The fourth-order valence-corrected chi connectivity index (χ4v) is 2.92. The molecule has 6 heteroatoms. The van der Waals surface area contributed by atoms with Gasteiger partial charge in [0.1, 0.15) is 5.75 Å². The van der Waals surface area contributed by atoms with Crippen molar-refractivity contribution < 1.29 is 9.53 Å². The molecule has 3 rings (SSSR count). The van der Waals surface area contributed by atoms with Crippen molar-refractivity contribution in [1.29, 1.82) is 0 Å². The molecule has 146 valence electrons. The van der Waals surface area contributed by atoms with Crippen LogP contribution < -0.4 is 10.1 Å². The molecule has 0 bridgehead atoms. The number of hydrogen-bond acceptors (Lipinski definition) is 4. The Kier molecular flexibility index (Phi) is 7.18. The Morgan fingerprint density at radius 3 is 2.46 bits per heavy atom. The minimum absolute atomic E-state index is 0.00678. The van der Waals surface area contributed by atoms with Crippen molar-refractivity contribution in [2.24, 2.45) is 0 Å². The molecule has 0 aliphatic carbocycles. The number of amides is 1. The van der Waals surface area contributed by atoms with Crippen LogP contribution in [0.1, 0.15) is 36.9 Å². The van der Waals surface area contributed by atoms with Crippen LogP contribution >= 0.6 is 0 Å². The Bertz CT molecular complexity index is 833. The lowest BCUT2D eigenvalue weighted by Gasteiger charge is -2.19. The quantitative estimate of drug-likeness (QED) is 0.586. The number of nitrogens with one attached hydrogen (secondary N) is 1. The Labute approximate surface area is 165 Å². The van der Waals surface area contributed by atoms with Gasteiger partial charge in [-0.05, 0) is 36.1 Å². The lowest BCUT2D eigenvalue weighted by Crippen LogP contribution is -2.32. The summed E-state index contributed by atoms with van der Waals surface area (Å²) in [5, 5.41) is 11.4. The number of ether oxygens (including phenoxy) is 1. The van der Waals surface area contributed by atoms with Gasteiger partial charge in [-0.2, -0.15) is 15.0 Å². The summed E-state index contributed by atoms with van der Waals surface area (Å²) in [5.41, 5.74) is 2.15. The molecule has 3 aromatic rings. The van der Waals surface area contributed by atoms with Crippen LogP contribution in [0.2, 0.25) is 0 Å². The first-order chi connectivity index (χ1) is 13.7. The smallest absolute Gasteiger partial charge is 0.220 e. The van der Waals surface area contributed by atoms with Gasteiger partial charge in [0.15, 0.2) is 0 Å². The molecule has 1 atom stereocenters. The van der Waals surface area contributed by atoms with Crippen molar-refractivity contribution in [2.45, 2.75) is 38.8 Å². The third-order valence-corrected chi connectivity index (χ3v) is 4.39. The summed E-state index contributed by atoms with van der Waals surface area (Å²) in [5.74, 6) is 0.873. The van der Waals surface area contributed by atoms with Crippen LogP contribution in [-0.2, 0) is 17.8 Å². The van der Waals surface area contributed by atoms with Crippen LogP contribution in [0.3, 0.4) is 0 Å². The molecule has 1 amide bonds. The number of carbonyl (C=O) groups excluding carboxylic acids is 1. The number of aromatic nitrogens is 3. The summed E-state index contributed by atoms with van der Waals surface area (Å²) in [6.45, 7) is 3.29. The predicted molar refractivity (Wildman–Crippen MR) is 108 cm³/mol. The first-order valence-corrected chi connectivity index (χ1v) is 9.64. The monoisotopic (exact) mass is 378 g/mol. The summed E-state index contributed by atoms with van der Waals surface area (Å²) in [6.07, 6.45) is 5.36. The largest absolute Gasteiger partial charge is 0.494 e. The van der Waals surface area contributed by atoms with Crippen LogP contribution in [0.15, 0.2) is 67.0 Å². The zero-order chi connectivity index (χ0) is 19.6. The summed E-state index contributed by atoms with van der Waals surface area (Å²) >= 11 is 0. The minimum atomic E-state index is -0.175. The summed E-state index contributed by atoms with van der Waals surface area (Å²) in [4.78, 5) is 14.1. The maximum atomic E-state index is 12.6. The van der Waals surface area contributed by atoms with Gasteiger partial charge in [-0.3, -0.25) is 4.79 Å². The number of rotatable bonds is 10. The molecule has 1 heterocycles. The Morgan fingerprint density at radius 1 is 1.07 bits per heavy atom. The second-order valence-electron chi connectivity index (χ2n) is 6.61. The normalized spacial score (nSPS) is 11.8. The molecule has 0 aliphatic rings. The molecular weight excluding hydrogens is 352 g/mol. The third kappa shape index (κ3) is 5.94. The number of hydrogen-bond donors (Lipinski definition) is 1. The maximum Gasteiger partial charge on any atom is 0.220 e. The fourth-order valence-electron chi connectivity index (χ4n) is 2.92. The number of aryl methyl sites for hydroxylation is 1. The average molecular weight is 378 g/mol. The van der Waals surface area contributed by atoms with Crippen LogP contribution in [0.25, 0.3) is 0 Å². The molecule has 0 spiro atoms.